The summed E-state index contributed by atoms with van der Waals surface area (Å²) in [6.45, 7) is 13.3. The van der Waals surface area contributed by atoms with E-state index in [-0.39, 0.29) is 23.6 Å². The fourth-order valence-corrected chi connectivity index (χ4v) is 5.20. The molecule has 3 aliphatic rings. The highest BCUT2D eigenvalue weighted by Gasteiger charge is 2.66. The molecule has 5 nitrogen and oxygen atoms in total. The van der Waals surface area contributed by atoms with Crippen LogP contribution in [-0.2, 0) is 14.4 Å². The molecular formula is C24H30N2O3. The number of fused-ring (bicyclic) bond motifs is 5. The van der Waals surface area contributed by atoms with Crippen LogP contribution in [0.4, 0.5) is 5.69 Å². The van der Waals surface area contributed by atoms with E-state index in [1.54, 1.807) is 0 Å². The van der Waals surface area contributed by atoms with Crippen LogP contribution in [0.1, 0.15) is 54.0 Å². The summed E-state index contributed by atoms with van der Waals surface area (Å²) in [6.07, 6.45) is 2.08. The smallest absolute Gasteiger partial charge is 0.236 e. The van der Waals surface area contributed by atoms with Crippen molar-refractivity contribution in [2.45, 2.75) is 66.1 Å². The highest BCUT2D eigenvalue weighted by molar-refractivity contribution is 6.12. The van der Waals surface area contributed by atoms with E-state index < -0.39 is 28.8 Å². The summed E-state index contributed by atoms with van der Waals surface area (Å²) in [5.41, 5.74) is 1.86. The Hall–Kier alpha value is -2.43. The highest BCUT2D eigenvalue weighted by Crippen LogP contribution is 2.51. The summed E-state index contributed by atoms with van der Waals surface area (Å²) in [6, 6.07) is 7.04. The van der Waals surface area contributed by atoms with Crippen molar-refractivity contribution >= 4 is 28.9 Å². The molecule has 0 spiro atoms. The van der Waals surface area contributed by atoms with Gasteiger partial charge in [-0.3, -0.25) is 19.3 Å². The van der Waals surface area contributed by atoms with Gasteiger partial charge in [-0.25, -0.2) is 0 Å². The summed E-state index contributed by atoms with van der Waals surface area (Å²) < 4.78 is 0. The number of nitrogens with zero attached hydrogens (tertiary/aromatic N) is 2. The van der Waals surface area contributed by atoms with Gasteiger partial charge in [0.05, 0.1) is 17.9 Å². The second-order valence-corrected chi connectivity index (χ2v) is 10.6. The fourth-order valence-electron chi connectivity index (χ4n) is 5.20. The third-order valence-corrected chi connectivity index (χ3v) is 6.43. The first-order chi connectivity index (χ1) is 13.4. The van der Waals surface area contributed by atoms with Crippen LogP contribution in [0.5, 0.6) is 0 Å². The average molecular weight is 395 g/mol. The SMILES string of the molecule is CC1=CC2C3C(=O)N(C(C)(C)C)C(=O)C3C(C(=O)C(C)(C)C)N2c2ccccc21. The van der Waals surface area contributed by atoms with Gasteiger partial charge < -0.3 is 4.90 Å². The van der Waals surface area contributed by atoms with Gasteiger partial charge in [0.1, 0.15) is 6.04 Å². The number of Topliss-reactive ketones (excluding diaryl/α,β-unsaturated/α-hetero) is 1. The first-order valence-corrected chi connectivity index (χ1v) is 10.3. The lowest BCUT2D eigenvalue weighted by molar-refractivity contribution is -0.146. The number of imide groups is 1. The van der Waals surface area contributed by atoms with Crippen molar-refractivity contribution in [1.29, 1.82) is 0 Å². The van der Waals surface area contributed by atoms with Gasteiger partial charge in [-0.1, -0.05) is 45.0 Å². The maximum absolute atomic E-state index is 13.6. The summed E-state index contributed by atoms with van der Waals surface area (Å²) in [7, 11) is 0. The van der Waals surface area contributed by atoms with Crippen LogP contribution < -0.4 is 4.90 Å². The van der Waals surface area contributed by atoms with E-state index in [0.717, 1.165) is 16.8 Å². The monoisotopic (exact) mass is 394 g/mol. The molecule has 3 heterocycles. The molecule has 4 unspecified atom stereocenters. The average Bonchev–Trinajstić information content (AvgIpc) is 3.07. The van der Waals surface area contributed by atoms with Gasteiger partial charge in [-0.2, -0.15) is 0 Å². The number of hydrogen-bond donors (Lipinski definition) is 0. The molecule has 2 fully saturated rings. The second-order valence-electron chi connectivity index (χ2n) is 10.6. The van der Waals surface area contributed by atoms with Gasteiger partial charge >= 0.3 is 0 Å². The maximum Gasteiger partial charge on any atom is 0.236 e. The molecular weight excluding hydrogens is 364 g/mol. The van der Waals surface area contributed by atoms with Crippen molar-refractivity contribution in [2.24, 2.45) is 17.3 Å². The predicted octanol–water partition coefficient (Wildman–Crippen LogP) is 3.68. The largest absolute Gasteiger partial charge is 0.353 e. The summed E-state index contributed by atoms with van der Waals surface area (Å²) in [5.74, 6) is -1.53. The molecule has 2 amide bonds. The molecule has 1 aromatic rings. The van der Waals surface area contributed by atoms with Crippen LogP contribution in [0.15, 0.2) is 30.3 Å². The fraction of sp³-hybridized carbons (Fsp3) is 0.542. The van der Waals surface area contributed by atoms with Gasteiger partial charge in [0.25, 0.3) is 0 Å². The Bertz CT molecular complexity index is 948. The highest BCUT2D eigenvalue weighted by atomic mass is 16.2. The van der Waals surface area contributed by atoms with Crippen LogP contribution in [0.3, 0.4) is 0 Å². The number of ketones is 1. The zero-order valence-electron chi connectivity index (χ0n) is 18.3. The van der Waals surface area contributed by atoms with Gasteiger partial charge in [0, 0.05) is 22.2 Å². The standard InChI is InChI=1S/C24H30N2O3/c1-13-12-16-17-18(22(29)26(21(17)28)24(5,6)7)19(20(27)23(2,3)4)25(16)15-11-9-8-10-14(13)15/h8-12,16-19H,1-7H3. The normalized spacial score (nSPS) is 28.9. The number of benzene rings is 1. The number of carbonyl (C=O) groups excluding carboxylic acids is 3. The molecule has 29 heavy (non-hydrogen) atoms. The van der Waals surface area contributed by atoms with Crippen LogP contribution in [0.2, 0.25) is 0 Å². The van der Waals surface area contributed by atoms with Crippen LogP contribution in [-0.4, -0.2) is 40.1 Å². The number of amides is 2. The Morgan fingerprint density at radius 1 is 0.931 bits per heavy atom. The van der Waals surface area contributed by atoms with Gasteiger partial charge in [-0.15, -0.1) is 0 Å². The molecule has 0 aromatic heterocycles. The number of anilines is 1. The van der Waals surface area contributed by atoms with E-state index in [2.05, 4.69) is 11.0 Å². The van der Waals surface area contributed by atoms with Gasteiger partial charge in [0.15, 0.2) is 5.78 Å². The van der Waals surface area contributed by atoms with Gasteiger partial charge in [-0.05, 0) is 39.3 Å². The molecule has 5 heteroatoms. The van der Waals surface area contributed by atoms with Crippen LogP contribution >= 0.6 is 0 Å². The first kappa shape index (κ1) is 19.9. The minimum Gasteiger partial charge on any atom is -0.353 e. The number of carbonyl (C=O) groups is 3. The van der Waals surface area contributed by atoms with Gasteiger partial charge in [0.2, 0.25) is 11.8 Å². The van der Waals surface area contributed by atoms with E-state index >= 15 is 0 Å². The van der Waals surface area contributed by atoms with Crippen LogP contribution in [0, 0.1) is 17.3 Å². The summed E-state index contributed by atoms with van der Waals surface area (Å²) in [5, 5.41) is 0. The minimum atomic E-state index is -0.645. The predicted molar refractivity (Wildman–Crippen MR) is 113 cm³/mol. The third kappa shape index (κ3) is 2.70. The summed E-state index contributed by atoms with van der Waals surface area (Å²) in [4.78, 5) is 44.1. The Balaban J connectivity index is 1.93. The number of rotatable bonds is 1. The molecule has 4 rings (SSSR count). The van der Waals surface area contributed by atoms with Crippen LogP contribution in [0.25, 0.3) is 5.57 Å². The summed E-state index contributed by atoms with van der Waals surface area (Å²) >= 11 is 0. The third-order valence-electron chi connectivity index (χ3n) is 6.43. The lowest BCUT2D eigenvalue weighted by atomic mass is 9.79. The number of hydrogen-bond acceptors (Lipinski definition) is 4. The Morgan fingerprint density at radius 3 is 2.10 bits per heavy atom. The molecule has 4 atom stereocenters. The molecule has 1 aromatic carbocycles. The quantitative estimate of drug-likeness (QED) is 0.682. The molecule has 0 bridgehead atoms. The van der Waals surface area contributed by atoms with E-state index in [1.807, 2.05) is 72.7 Å². The van der Waals surface area contributed by atoms with E-state index in [0.29, 0.717) is 0 Å². The van der Waals surface area contributed by atoms with E-state index in [4.69, 9.17) is 0 Å². The Morgan fingerprint density at radius 2 is 1.52 bits per heavy atom. The number of likely N-dealkylation sites (tertiary alicyclic amines) is 1. The Labute approximate surface area is 172 Å². The maximum atomic E-state index is 13.6. The Kier molecular flexibility index (Phi) is 4.14. The van der Waals surface area contributed by atoms with Crippen molar-refractivity contribution in [3.05, 3.63) is 35.9 Å². The molecule has 3 aliphatic heterocycles. The second kappa shape index (κ2) is 6.04. The zero-order chi connectivity index (χ0) is 21.5. The minimum absolute atomic E-state index is 0.00895. The van der Waals surface area contributed by atoms with Crippen molar-refractivity contribution in [1.82, 2.24) is 4.90 Å². The van der Waals surface area contributed by atoms with Crippen molar-refractivity contribution < 1.29 is 14.4 Å². The molecule has 0 aliphatic carbocycles. The zero-order valence-corrected chi connectivity index (χ0v) is 18.3. The molecule has 0 radical (unpaired) electrons. The molecule has 0 N–H and O–H groups in total. The topological polar surface area (TPSA) is 57.7 Å². The molecule has 154 valence electrons. The molecule has 2 saturated heterocycles. The molecule has 0 saturated carbocycles. The lowest BCUT2D eigenvalue weighted by Crippen LogP contribution is -2.54. The first-order valence-electron chi connectivity index (χ1n) is 10.3. The van der Waals surface area contributed by atoms with E-state index in [9.17, 15) is 14.4 Å². The number of allylic oxidation sites excluding steroid dienone is 1. The number of para-hydroxylation sites is 1. The van der Waals surface area contributed by atoms with Crippen molar-refractivity contribution in [3.8, 4) is 0 Å². The van der Waals surface area contributed by atoms with E-state index in [1.165, 1.54) is 4.90 Å². The lowest BCUT2D eigenvalue weighted by Gasteiger charge is -2.40. The van der Waals surface area contributed by atoms with Crippen molar-refractivity contribution in [3.63, 3.8) is 0 Å². The van der Waals surface area contributed by atoms with Crippen molar-refractivity contribution in [2.75, 3.05) is 4.90 Å².